The Bertz CT molecular complexity index is 797. The number of rotatable bonds is 4. The summed E-state index contributed by atoms with van der Waals surface area (Å²) in [6.45, 7) is 0.483. The van der Waals surface area contributed by atoms with E-state index in [1.165, 1.54) is 10.9 Å². The molecule has 1 amide bonds. The van der Waals surface area contributed by atoms with Gasteiger partial charge in [0.15, 0.2) is 0 Å². The second-order valence-corrected chi connectivity index (χ2v) is 5.42. The lowest BCUT2D eigenvalue weighted by Gasteiger charge is -2.14. The van der Waals surface area contributed by atoms with Crippen molar-refractivity contribution < 1.29 is 22.0 Å². The van der Waals surface area contributed by atoms with E-state index in [1.54, 1.807) is 11.1 Å². The van der Waals surface area contributed by atoms with Gasteiger partial charge in [-0.15, -0.1) is 4.28 Å². The molecule has 2 aliphatic heterocycles. The highest BCUT2D eigenvalue weighted by molar-refractivity contribution is 7.80. The van der Waals surface area contributed by atoms with Crippen LogP contribution in [0.5, 0.6) is 0 Å². The first-order valence-electron chi connectivity index (χ1n) is 5.57. The minimum Gasteiger partial charge on any atom is -0.368 e. The van der Waals surface area contributed by atoms with Crippen LogP contribution in [-0.2, 0) is 26.0 Å². The van der Waals surface area contributed by atoms with Crippen LogP contribution in [0.2, 0.25) is 0 Å². The number of primary amides is 1. The van der Waals surface area contributed by atoms with Crippen molar-refractivity contribution in [3.63, 3.8) is 0 Å². The summed E-state index contributed by atoms with van der Waals surface area (Å²) in [7, 11) is -4.60. The Hall–Kier alpha value is -2.11. The predicted molar refractivity (Wildman–Crippen MR) is 64.6 cm³/mol. The molecular weight excluding hydrogens is 290 g/mol. The van der Waals surface area contributed by atoms with E-state index in [1.807, 2.05) is 0 Å². The number of fused-ring (bicyclic) bond motifs is 3. The average molecular weight is 301 g/mol. The van der Waals surface area contributed by atoms with E-state index < -0.39 is 16.3 Å². The summed E-state index contributed by atoms with van der Waals surface area (Å²) in [6.07, 6.45) is 3.22. The Morgan fingerprint density at radius 1 is 1.55 bits per heavy atom. The fourth-order valence-electron chi connectivity index (χ4n) is 2.26. The molecule has 108 valence electrons. The highest BCUT2D eigenvalue weighted by atomic mass is 32.3. The van der Waals surface area contributed by atoms with Crippen molar-refractivity contribution >= 4 is 28.2 Å². The van der Waals surface area contributed by atoms with Crippen molar-refractivity contribution in [2.24, 2.45) is 5.73 Å². The van der Waals surface area contributed by atoms with Crippen LogP contribution in [0.3, 0.4) is 0 Å². The summed E-state index contributed by atoms with van der Waals surface area (Å²) in [6, 6.07) is 0. The zero-order valence-corrected chi connectivity index (χ0v) is 10.9. The third-order valence-electron chi connectivity index (χ3n) is 2.95. The quantitative estimate of drug-likeness (QED) is 0.549. The van der Waals surface area contributed by atoms with Gasteiger partial charge in [-0.25, -0.2) is 5.06 Å². The average Bonchev–Trinajstić information content (AvgIpc) is 2.81. The summed E-state index contributed by atoms with van der Waals surface area (Å²) < 4.78 is 36.3. The summed E-state index contributed by atoms with van der Waals surface area (Å²) in [4.78, 5) is 12.7. The predicted octanol–water partition coefficient (Wildman–Crippen LogP) is -3.46. The van der Waals surface area contributed by atoms with Gasteiger partial charge in [0.25, 0.3) is 0 Å². The molecule has 1 aromatic rings. The van der Waals surface area contributed by atoms with Crippen LogP contribution >= 0.6 is 0 Å². The molecule has 0 spiro atoms. The summed E-state index contributed by atoms with van der Waals surface area (Å²) in [5.74, 6) is -0.534. The highest BCUT2D eigenvalue weighted by Crippen LogP contribution is 2.20. The molecule has 3 heterocycles. The number of carbonyl (C=O) groups excluding carboxylic acids is 1. The molecule has 3 N–H and O–H groups in total. The molecule has 0 radical (unpaired) electrons. The van der Waals surface area contributed by atoms with Gasteiger partial charge in [-0.05, 0) is 0 Å². The van der Waals surface area contributed by atoms with Crippen LogP contribution in [0.15, 0.2) is 6.20 Å². The number of hydrogen-bond donors (Lipinski definition) is 2. The van der Waals surface area contributed by atoms with Crippen LogP contribution in [0.25, 0.3) is 11.9 Å². The van der Waals surface area contributed by atoms with Crippen molar-refractivity contribution in [2.75, 3.05) is 13.2 Å². The van der Waals surface area contributed by atoms with E-state index >= 15 is 0 Å². The minimum absolute atomic E-state index is 0.0773. The van der Waals surface area contributed by atoms with E-state index in [0.717, 1.165) is 5.06 Å². The zero-order chi connectivity index (χ0) is 14.5. The molecule has 10 nitrogen and oxygen atoms in total. The minimum atomic E-state index is -4.60. The largest absolute Gasteiger partial charge is 0.418 e. The smallest absolute Gasteiger partial charge is 0.368 e. The Kier molecular flexibility index (Phi) is 2.70. The standard InChI is InChI=1S/C9H11N5O5S/c10-9(15)4-13-7-2-12-3-8(6(7)1-11-13)14(5-12)19-20(16,17)18/h1-2H,3-5H2,(H2,10,15)(H,16,17,18). The molecule has 0 saturated carbocycles. The van der Waals surface area contributed by atoms with Crippen LogP contribution in [-0.4, -0.2) is 51.8 Å². The van der Waals surface area contributed by atoms with E-state index in [9.17, 15) is 13.2 Å². The molecule has 3 rings (SSSR count). The molecule has 0 aromatic carbocycles. The van der Waals surface area contributed by atoms with Crippen molar-refractivity contribution in [1.29, 1.82) is 0 Å². The number of hydrogen-bond acceptors (Lipinski definition) is 7. The number of carbonyl (C=O) groups is 1. The van der Waals surface area contributed by atoms with Crippen molar-refractivity contribution in [3.8, 4) is 0 Å². The number of aromatic nitrogens is 2. The first-order chi connectivity index (χ1) is 9.33. The normalized spacial score (nSPS) is 17.1. The summed E-state index contributed by atoms with van der Waals surface area (Å²) in [5.41, 5.74) is 5.67. The molecule has 2 bridgehead atoms. The Labute approximate surface area is 113 Å². The second-order valence-electron chi connectivity index (χ2n) is 4.41. The van der Waals surface area contributed by atoms with Gasteiger partial charge in [-0.2, -0.15) is 13.5 Å². The fourth-order valence-corrected chi connectivity index (χ4v) is 2.62. The van der Waals surface area contributed by atoms with Gasteiger partial charge < -0.3 is 10.6 Å². The molecule has 1 aromatic heterocycles. The zero-order valence-electron chi connectivity index (χ0n) is 10.1. The third kappa shape index (κ3) is 2.21. The van der Waals surface area contributed by atoms with E-state index in [-0.39, 0.29) is 13.2 Å². The second kappa shape index (κ2) is 4.19. The maximum atomic E-state index is 11.0. The van der Waals surface area contributed by atoms with Gasteiger partial charge in [0.05, 0.1) is 23.8 Å². The molecule has 2 aliphatic rings. The van der Waals surface area contributed by atoms with Gasteiger partial charge in [-0.3, -0.25) is 14.0 Å². The summed E-state index contributed by atoms with van der Waals surface area (Å²) >= 11 is 0. The lowest BCUT2D eigenvalue weighted by Crippen LogP contribution is -2.39. The molecule has 1 saturated heterocycles. The van der Waals surface area contributed by atoms with Gasteiger partial charge in [-0.1, -0.05) is 0 Å². The van der Waals surface area contributed by atoms with Gasteiger partial charge >= 0.3 is 10.4 Å². The number of nitrogens with zero attached hydrogens (tertiary/aromatic N) is 4. The van der Waals surface area contributed by atoms with Crippen LogP contribution in [0.4, 0.5) is 0 Å². The molecule has 1 fully saturated rings. The van der Waals surface area contributed by atoms with Crippen molar-refractivity contribution in [3.05, 3.63) is 16.8 Å². The Morgan fingerprint density at radius 3 is 2.95 bits per heavy atom. The SMILES string of the molecule is NC(=O)Cn1ncc2c1=CN1CC=2N(OS(=O)(=O)O)C1. The molecule has 0 atom stereocenters. The lowest BCUT2D eigenvalue weighted by molar-refractivity contribution is -0.118. The molecular formula is C9H11N5O5S. The van der Waals surface area contributed by atoms with Crippen molar-refractivity contribution in [1.82, 2.24) is 19.7 Å². The third-order valence-corrected chi connectivity index (χ3v) is 3.32. The van der Waals surface area contributed by atoms with Crippen molar-refractivity contribution in [2.45, 2.75) is 6.54 Å². The van der Waals surface area contributed by atoms with E-state index in [2.05, 4.69) is 9.38 Å². The highest BCUT2D eigenvalue weighted by Gasteiger charge is 2.31. The van der Waals surface area contributed by atoms with E-state index in [0.29, 0.717) is 22.8 Å². The van der Waals surface area contributed by atoms with E-state index in [4.69, 9.17) is 10.3 Å². The van der Waals surface area contributed by atoms with Gasteiger partial charge in [0, 0.05) is 11.4 Å². The van der Waals surface area contributed by atoms with Gasteiger partial charge in [0.1, 0.15) is 13.2 Å². The maximum absolute atomic E-state index is 11.0. The topological polar surface area (TPSA) is 131 Å². The van der Waals surface area contributed by atoms with Gasteiger partial charge in [0.2, 0.25) is 5.91 Å². The Balaban J connectivity index is 2.08. The first kappa shape index (κ1) is 12.9. The fraction of sp³-hybridized carbons (Fsp3) is 0.333. The molecule has 20 heavy (non-hydrogen) atoms. The lowest BCUT2D eigenvalue weighted by atomic mass is 10.3. The first-order valence-corrected chi connectivity index (χ1v) is 6.94. The molecule has 11 heteroatoms. The monoisotopic (exact) mass is 301 g/mol. The number of hydroxylamine groups is 2. The van der Waals surface area contributed by atoms with Crippen LogP contribution in [0, 0.1) is 0 Å². The van der Waals surface area contributed by atoms with Crippen LogP contribution < -0.4 is 16.3 Å². The number of amides is 1. The Morgan fingerprint density at radius 2 is 2.30 bits per heavy atom. The number of nitrogens with two attached hydrogens (primary N) is 1. The maximum Gasteiger partial charge on any atom is 0.418 e. The van der Waals surface area contributed by atoms with Crippen LogP contribution in [0.1, 0.15) is 0 Å². The molecule has 0 unspecified atom stereocenters. The summed E-state index contributed by atoms with van der Waals surface area (Å²) in [5, 5.41) is 6.35. The molecule has 0 aliphatic carbocycles.